The average Bonchev–Trinajstić information content (AvgIpc) is 3.01. The first-order valence-corrected chi connectivity index (χ1v) is 8.17. The van der Waals surface area contributed by atoms with Crippen molar-refractivity contribution in [2.24, 2.45) is 7.05 Å². The molecule has 2 heterocycles. The van der Waals surface area contributed by atoms with Crippen LogP contribution in [0.5, 0.6) is 0 Å². The number of carbonyl (C=O) groups is 1. The zero-order valence-corrected chi connectivity index (χ0v) is 12.9. The molecule has 2 unspecified atom stereocenters. The maximum absolute atomic E-state index is 10.9. The van der Waals surface area contributed by atoms with Crippen LogP contribution in [0.25, 0.3) is 0 Å². The fourth-order valence-corrected chi connectivity index (χ4v) is 3.45. The molecule has 0 aliphatic rings. The second kappa shape index (κ2) is 6.99. The van der Waals surface area contributed by atoms with Crippen molar-refractivity contribution in [2.45, 2.75) is 18.9 Å². The minimum Gasteiger partial charge on any atom is -0.760 e. The summed E-state index contributed by atoms with van der Waals surface area (Å²) >= 11 is -0.883. The third kappa shape index (κ3) is 4.24. The monoisotopic (exact) mass is 327 g/mol. The van der Waals surface area contributed by atoms with Gasteiger partial charge in [0.2, 0.25) is 0 Å². The predicted molar refractivity (Wildman–Crippen MR) is 79.6 cm³/mol. The fourth-order valence-electron chi connectivity index (χ4n) is 2.15. The predicted octanol–water partition coefficient (Wildman–Crippen LogP) is 1.38. The summed E-state index contributed by atoms with van der Waals surface area (Å²) < 4.78 is 26.2. The van der Waals surface area contributed by atoms with Gasteiger partial charge < -0.3 is 14.2 Å². The van der Waals surface area contributed by atoms with E-state index in [1.807, 2.05) is 23.6 Å². The van der Waals surface area contributed by atoms with Gasteiger partial charge in [0.1, 0.15) is 0 Å². The fraction of sp³-hybridized carbons (Fsp3) is 0.308. The molecule has 2 aromatic rings. The standard InChI is InChI=1S/C13H16N2O4S2/c1-15-9(4-5-10(15)8-13(16)17)7-11(14-21(18)19)12-3-2-6-20-12/h2-6,11,14H,7-8H2,1H3,(H,16,17)(H,18,19)/p-1. The first-order valence-electron chi connectivity index (χ1n) is 6.21. The molecule has 0 fully saturated rings. The Labute approximate surface area is 128 Å². The molecule has 0 bridgehead atoms. The van der Waals surface area contributed by atoms with E-state index in [2.05, 4.69) is 4.72 Å². The van der Waals surface area contributed by atoms with E-state index < -0.39 is 17.2 Å². The number of nitrogens with one attached hydrogen (secondary N) is 1. The summed E-state index contributed by atoms with van der Waals surface area (Å²) in [4.78, 5) is 11.7. The Kier molecular flexibility index (Phi) is 5.29. The van der Waals surface area contributed by atoms with Gasteiger partial charge in [0, 0.05) is 41.0 Å². The van der Waals surface area contributed by atoms with Crippen LogP contribution in [-0.4, -0.2) is 24.4 Å². The van der Waals surface area contributed by atoms with Gasteiger partial charge in [-0.15, -0.1) is 11.3 Å². The lowest BCUT2D eigenvalue weighted by Crippen LogP contribution is -2.25. The first kappa shape index (κ1) is 15.9. The molecule has 0 amide bonds. The number of nitrogens with zero attached hydrogens (tertiary/aromatic N) is 1. The van der Waals surface area contributed by atoms with Gasteiger partial charge in [0.05, 0.1) is 12.5 Å². The van der Waals surface area contributed by atoms with Crippen LogP contribution in [0.4, 0.5) is 0 Å². The normalized spacial score (nSPS) is 14.0. The van der Waals surface area contributed by atoms with Crippen molar-refractivity contribution in [3.63, 3.8) is 0 Å². The third-order valence-electron chi connectivity index (χ3n) is 3.20. The number of aliphatic carboxylic acids is 1. The second-order valence-electron chi connectivity index (χ2n) is 4.57. The molecule has 0 saturated carbocycles. The highest BCUT2D eigenvalue weighted by Gasteiger charge is 2.16. The molecular weight excluding hydrogens is 312 g/mol. The molecule has 8 heteroatoms. The number of thiophene rings is 1. The molecule has 2 aromatic heterocycles. The van der Waals surface area contributed by atoms with Gasteiger partial charge in [0.25, 0.3) is 0 Å². The Morgan fingerprint density at radius 2 is 2.19 bits per heavy atom. The van der Waals surface area contributed by atoms with Crippen molar-refractivity contribution >= 4 is 28.6 Å². The lowest BCUT2D eigenvalue weighted by atomic mass is 10.1. The van der Waals surface area contributed by atoms with Crippen LogP contribution in [0, 0.1) is 0 Å². The van der Waals surface area contributed by atoms with Crippen molar-refractivity contribution < 1.29 is 18.7 Å². The second-order valence-corrected chi connectivity index (χ2v) is 6.25. The minimum atomic E-state index is -2.36. The molecule has 21 heavy (non-hydrogen) atoms. The summed E-state index contributed by atoms with van der Waals surface area (Å²) in [6, 6.07) is 6.96. The molecule has 114 valence electrons. The number of aromatic nitrogens is 1. The smallest absolute Gasteiger partial charge is 0.309 e. The third-order valence-corrected chi connectivity index (χ3v) is 4.66. The van der Waals surface area contributed by atoms with E-state index in [0.717, 1.165) is 10.6 Å². The van der Waals surface area contributed by atoms with Gasteiger partial charge in [-0.2, -0.15) is 0 Å². The molecule has 0 aliphatic carbocycles. The van der Waals surface area contributed by atoms with Crippen LogP contribution in [0.1, 0.15) is 22.3 Å². The van der Waals surface area contributed by atoms with Crippen LogP contribution < -0.4 is 4.72 Å². The van der Waals surface area contributed by atoms with Crippen LogP contribution in [0.3, 0.4) is 0 Å². The number of hydrogen-bond acceptors (Lipinski definition) is 4. The number of carboxylic acids is 1. The highest BCUT2D eigenvalue weighted by atomic mass is 32.2. The van der Waals surface area contributed by atoms with Gasteiger partial charge in [-0.25, -0.2) is 4.72 Å². The van der Waals surface area contributed by atoms with Crippen LogP contribution in [0.2, 0.25) is 0 Å². The molecule has 6 nitrogen and oxygen atoms in total. The lowest BCUT2D eigenvalue weighted by molar-refractivity contribution is -0.136. The molecule has 0 radical (unpaired) electrons. The number of hydrogen-bond donors (Lipinski definition) is 2. The van der Waals surface area contributed by atoms with E-state index in [4.69, 9.17) is 5.11 Å². The van der Waals surface area contributed by atoms with Crippen molar-refractivity contribution in [1.29, 1.82) is 0 Å². The summed E-state index contributed by atoms with van der Waals surface area (Å²) in [5.41, 5.74) is 1.56. The van der Waals surface area contributed by atoms with Crippen LogP contribution in [-0.2, 0) is 36.0 Å². The van der Waals surface area contributed by atoms with E-state index >= 15 is 0 Å². The highest BCUT2D eigenvalue weighted by molar-refractivity contribution is 7.77. The summed E-state index contributed by atoms with van der Waals surface area (Å²) in [5, 5.41) is 10.7. The molecule has 0 spiro atoms. The zero-order chi connectivity index (χ0) is 15.4. The summed E-state index contributed by atoms with van der Waals surface area (Å²) in [6.07, 6.45) is 0.408. The molecule has 0 saturated heterocycles. The number of carboxylic acid groups (broad SMARTS) is 1. The van der Waals surface area contributed by atoms with E-state index in [0.29, 0.717) is 12.1 Å². The van der Waals surface area contributed by atoms with Crippen molar-refractivity contribution in [1.82, 2.24) is 9.29 Å². The number of rotatable bonds is 7. The highest BCUT2D eigenvalue weighted by Crippen LogP contribution is 2.24. The Bertz CT molecular complexity index is 637. The van der Waals surface area contributed by atoms with Gasteiger partial charge in [0.15, 0.2) is 0 Å². The van der Waals surface area contributed by atoms with Crippen molar-refractivity contribution in [3.05, 3.63) is 45.9 Å². The van der Waals surface area contributed by atoms with E-state index in [-0.39, 0.29) is 12.5 Å². The van der Waals surface area contributed by atoms with E-state index in [1.54, 1.807) is 17.7 Å². The molecule has 0 aliphatic heterocycles. The maximum Gasteiger partial charge on any atom is 0.309 e. The largest absolute Gasteiger partial charge is 0.760 e. The molecule has 2 N–H and O–H groups in total. The Hall–Kier alpha value is -1.48. The summed E-state index contributed by atoms with van der Waals surface area (Å²) in [5.74, 6) is -0.892. The van der Waals surface area contributed by atoms with Gasteiger partial charge in [-0.05, 0) is 23.6 Å². The quantitative estimate of drug-likeness (QED) is 0.751. The van der Waals surface area contributed by atoms with Crippen LogP contribution in [0.15, 0.2) is 29.6 Å². The lowest BCUT2D eigenvalue weighted by Gasteiger charge is -2.19. The molecule has 2 rings (SSSR count). The Morgan fingerprint density at radius 1 is 1.48 bits per heavy atom. The van der Waals surface area contributed by atoms with E-state index in [9.17, 15) is 13.6 Å². The zero-order valence-electron chi connectivity index (χ0n) is 11.3. The summed E-state index contributed by atoms with van der Waals surface area (Å²) in [6.45, 7) is 0. The molecule has 2 atom stereocenters. The van der Waals surface area contributed by atoms with Gasteiger partial charge in [-0.3, -0.25) is 9.00 Å². The van der Waals surface area contributed by atoms with Crippen molar-refractivity contribution in [2.75, 3.05) is 0 Å². The van der Waals surface area contributed by atoms with Gasteiger partial charge >= 0.3 is 5.97 Å². The Morgan fingerprint density at radius 3 is 2.76 bits per heavy atom. The molecule has 0 aromatic carbocycles. The maximum atomic E-state index is 10.9. The SMILES string of the molecule is Cn1c(CC(=O)O)ccc1CC(NS(=O)[O-])c1cccs1. The summed E-state index contributed by atoms with van der Waals surface area (Å²) in [7, 11) is 1.78. The van der Waals surface area contributed by atoms with E-state index in [1.165, 1.54) is 11.3 Å². The Balaban J connectivity index is 2.19. The topological polar surface area (TPSA) is 94.4 Å². The minimum absolute atomic E-state index is 0.0545. The average molecular weight is 327 g/mol. The first-order chi connectivity index (χ1) is 9.97. The molecular formula is C13H15N2O4S2-. The van der Waals surface area contributed by atoms with Crippen molar-refractivity contribution in [3.8, 4) is 0 Å². The van der Waals surface area contributed by atoms with Crippen LogP contribution >= 0.6 is 11.3 Å². The van der Waals surface area contributed by atoms with Gasteiger partial charge in [-0.1, -0.05) is 6.07 Å².